The van der Waals surface area contributed by atoms with E-state index in [1.165, 1.54) is 0 Å². The number of halogens is 1. The van der Waals surface area contributed by atoms with Gasteiger partial charge in [-0.2, -0.15) is 0 Å². The number of hydrogen-bond donors (Lipinski definition) is 1. The lowest BCUT2D eigenvalue weighted by Gasteiger charge is -2.38. The van der Waals surface area contributed by atoms with Crippen molar-refractivity contribution < 1.29 is 19.1 Å². The zero-order valence-electron chi connectivity index (χ0n) is 15.9. The largest absolute Gasteiger partial charge is 0.484 e. The van der Waals surface area contributed by atoms with Crippen LogP contribution in [0.5, 0.6) is 5.75 Å². The molecular formula is C20H27ClN2O4. The Morgan fingerprint density at radius 2 is 2.07 bits per heavy atom. The van der Waals surface area contributed by atoms with Crippen LogP contribution in [0.25, 0.3) is 0 Å². The number of carbonyl (C=O) groups is 2. The summed E-state index contributed by atoms with van der Waals surface area (Å²) in [5.74, 6) is 0.652. The fourth-order valence-electron chi connectivity index (χ4n) is 3.47. The summed E-state index contributed by atoms with van der Waals surface area (Å²) in [5.41, 5.74) is -0.133. The minimum atomic E-state index is -0.537. The van der Waals surface area contributed by atoms with E-state index in [0.717, 1.165) is 6.42 Å². The van der Waals surface area contributed by atoms with Gasteiger partial charge in [0.2, 0.25) is 5.91 Å². The highest BCUT2D eigenvalue weighted by atomic mass is 35.5. The van der Waals surface area contributed by atoms with E-state index in [4.69, 9.17) is 21.1 Å². The van der Waals surface area contributed by atoms with E-state index in [2.05, 4.69) is 19.2 Å². The third-order valence-electron chi connectivity index (χ3n) is 5.05. The van der Waals surface area contributed by atoms with Crippen molar-refractivity contribution in [3.63, 3.8) is 0 Å². The number of ether oxygens (including phenoxy) is 2. The Kier molecular flexibility index (Phi) is 6.27. The van der Waals surface area contributed by atoms with Crippen LogP contribution < -0.4 is 10.1 Å². The summed E-state index contributed by atoms with van der Waals surface area (Å²) in [7, 11) is 0. The molecule has 0 aliphatic carbocycles. The lowest BCUT2D eigenvalue weighted by molar-refractivity contribution is -0.122. The number of rotatable bonds is 5. The predicted octanol–water partition coefficient (Wildman–Crippen LogP) is 2.89. The monoisotopic (exact) mass is 394 g/mol. The van der Waals surface area contributed by atoms with E-state index in [9.17, 15) is 9.59 Å². The molecule has 0 radical (unpaired) electrons. The number of benzene rings is 1. The van der Waals surface area contributed by atoms with Gasteiger partial charge < -0.3 is 19.7 Å². The maximum absolute atomic E-state index is 13.1. The number of amides is 2. The highest BCUT2D eigenvalue weighted by molar-refractivity contribution is 6.31. The molecule has 1 aromatic rings. The first-order valence-corrected chi connectivity index (χ1v) is 9.89. The van der Waals surface area contributed by atoms with Crippen LogP contribution in [0.1, 0.15) is 43.5 Å². The van der Waals surface area contributed by atoms with Gasteiger partial charge >= 0.3 is 0 Å². The van der Waals surface area contributed by atoms with Crippen molar-refractivity contribution in [3.8, 4) is 5.75 Å². The molecule has 6 nitrogen and oxygen atoms in total. The van der Waals surface area contributed by atoms with Crippen LogP contribution in [0.15, 0.2) is 18.2 Å². The smallest absolute Gasteiger partial charge is 0.258 e. The fraction of sp³-hybridized carbons (Fsp3) is 0.600. The van der Waals surface area contributed by atoms with Crippen molar-refractivity contribution >= 4 is 23.4 Å². The van der Waals surface area contributed by atoms with Crippen LogP contribution in [0.2, 0.25) is 5.02 Å². The normalized spacial score (nSPS) is 18.8. The van der Waals surface area contributed by atoms with Crippen molar-refractivity contribution in [1.29, 1.82) is 0 Å². The summed E-state index contributed by atoms with van der Waals surface area (Å²) in [5, 5.41) is 3.37. The van der Waals surface area contributed by atoms with Gasteiger partial charge in [0.15, 0.2) is 0 Å². The van der Waals surface area contributed by atoms with Crippen LogP contribution in [0.4, 0.5) is 0 Å². The van der Waals surface area contributed by atoms with Gasteiger partial charge in [0.25, 0.3) is 5.91 Å². The van der Waals surface area contributed by atoms with Gasteiger partial charge in [-0.25, -0.2) is 0 Å². The topological polar surface area (TPSA) is 67.9 Å². The Morgan fingerprint density at radius 1 is 1.33 bits per heavy atom. The Balaban J connectivity index is 1.81. The Labute approximate surface area is 165 Å². The number of fused-ring (bicyclic) bond motifs is 1. The average Bonchev–Trinajstić information content (AvgIpc) is 2.71. The molecule has 2 aliphatic rings. The van der Waals surface area contributed by atoms with E-state index in [1.807, 2.05) is 0 Å². The standard InChI is InChI=1S/C20H27ClN2O4/c1-14(2)5-8-22-18(24)12-23-13-20(6-9-26-10-7-20)27-17-4-3-15(21)11-16(17)19(23)25/h3-4,11,14H,5-10,12-13H2,1-2H3,(H,22,24). The van der Waals surface area contributed by atoms with Gasteiger partial charge in [0.05, 0.1) is 31.9 Å². The molecule has 1 N–H and O–H groups in total. The van der Waals surface area contributed by atoms with Gasteiger partial charge in [-0.1, -0.05) is 25.4 Å². The summed E-state index contributed by atoms with van der Waals surface area (Å²) in [6, 6.07) is 5.06. The van der Waals surface area contributed by atoms with Gasteiger partial charge in [-0.05, 0) is 30.5 Å². The molecule has 1 aromatic carbocycles. The molecule has 2 heterocycles. The second-order valence-electron chi connectivity index (χ2n) is 7.73. The summed E-state index contributed by atoms with van der Waals surface area (Å²) in [6.07, 6.45) is 2.25. The van der Waals surface area contributed by atoms with Crippen molar-refractivity contribution in [2.45, 2.75) is 38.7 Å². The lowest BCUT2D eigenvalue weighted by atomic mass is 9.93. The molecule has 0 bridgehead atoms. The van der Waals surface area contributed by atoms with Crippen molar-refractivity contribution in [1.82, 2.24) is 10.2 Å². The first-order chi connectivity index (χ1) is 12.9. The van der Waals surface area contributed by atoms with Crippen LogP contribution in [0.3, 0.4) is 0 Å². The number of nitrogens with one attached hydrogen (secondary N) is 1. The summed E-state index contributed by atoms with van der Waals surface area (Å²) < 4.78 is 11.8. The molecule has 7 heteroatoms. The molecule has 3 rings (SSSR count). The molecule has 1 spiro atoms. The van der Waals surface area contributed by atoms with E-state index >= 15 is 0 Å². The Morgan fingerprint density at radius 3 is 2.78 bits per heavy atom. The van der Waals surface area contributed by atoms with E-state index < -0.39 is 5.60 Å². The van der Waals surface area contributed by atoms with Gasteiger partial charge in [0, 0.05) is 24.4 Å². The lowest BCUT2D eigenvalue weighted by Crippen LogP contribution is -2.52. The molecular weight excluding hydrogens is 368 g/mol. The van der Waals surface area contributed by atoms with Crippen LogP contribution in [-0.2, 0) is 9.53 Å². The number of nitrogens with zero attached hydrogens (tertiary/aromatic N) is 1. The summed E-state index contributed by atoms with van der Waals surface area (Å²) in [4.78, 5) is 27.1. The van der Waals surface area contributed by atoms with Crippen molar-refractivity contribution in [3.05, 3.63) is 28.8 Å². The van der Waals surface area contributed by atoms with E-state index in [1.54, 1.807) is 23.1 Å². The minimum Gasteiger partial charge on any atom is -0.484 e. The Bertz CT molecular complexity index is 701. The third kappa shape index (κ3) is 4.93. The predicted molar refractivity (Wildman–Crippen MR) is 103 cm³/mol. The third-order valence-corrected chi connectivity index (χ3v) is 5.28. The molecule has 0 unspecified atom stereocenters. The molecule has 2 aliphatic heterocycles. The molecule has 1 fully saturated rings. The zero-order chi connectivity index (χ0) is 19.4. The molecule has 27 heavy (non-hydrogen) atoms. The first kappa shape index (κ1) is 20.0. The zero-order valence-corrected chi connectivity index (χ0v) is 16.7. The Hall–Kier alpha value is -1.79. The van der Waals surface area contributed by atoms with Gasteiger partial charge in [0.1, 0.15) is 11.4 Å². The molecule has 2 amide bonds. The maximum atomic E-state index is 13.1. The summed E-state index contributed by atoms with van der Waals surface area (Å²) >= 11 is 6.10. The molecule has 1 saturated heterocycles. The number of carbonyl (C=O) groups excluding carboxylic acids is 2. The molecule has 148 valence electrons. The summed E-state index contributed by atoms with van der Waals surface area (Å²) in [6.45, 7) is 6.34. The first-order valence-electron chi connectivity index (χ1n) is 9.51. The van der Waals surface area contributed by atoms with Gasteiger partial charge in [-0.15, -0.1) is 0 Å². The highest BCUT2D eigenvalue weighted by Gasteiger charge is 2.42. The van der Waals surface area contributed by atoms with E-state index in [0.29, 0.717) is 61.4 Å². The maximum Gasteiger partial charge on any atom is 0.258 e. The quantitative estimate of drug-likeness (QED) is 0.833. The van der Waals surface area contributed by atoms with E-state index in [-0.39, 0.29) is 18.4 Å². The fourth-order valence-corrected chi connectivity index (χ4v) is 3.65. The van der Waals surface area contributed by atoms with Gasteiger partial charge in [-0.3, -0.25) is 9.59 Å². The van der Waals surface area contributed by atoms with Crippen LogP contribution in [-0.4, -0.2) is 55.2 Å². The number of hydrogen-bond acceptors (Lipinski definition) is 4. The molecule has 0 aromatic heterocycles. The molecule has 0 atom stereocenters. The highest BCUT2D eigenvalue weighted by Crippen LogP contribution is 2.36. The SMILES string of the molecule is CC(C)CCNC(=O)CN1CC2(CCOCC2)Oc2ccc(Cl)cc2C1=O. The van der Waals surface area contributed by atoms with Crippen LogP contribution in [0, 0.1) is 5.92 Å². The van der Waals surface area contributed by atoms with Crippen molar-refractivity contribution in [2.75, 3.05) is 32.8 Å². The van der Waals surface area contributed by atoms with Crippen LogP contribution >= 0.6 is 11.6 Å². The average molecular weight is 395 g/mol. The molecule has 0 saturated carbocycles. The minimum absolute atomic E-state index is 0.00878. The van der Waals surface area contributed by atoms with Crippen molar-refractivity contribution in [2.24, 2.45) is 5.92 Å². The second-order valence-corrected chi connectivity index (χ2v) is 8.17. The second kappa shape index (κ2) is 8.48.